The van der Waals surface area contributed by atoms with Crippen LogP contribution in [-0.4, -0.2) is 69.3 Å². The average Bonchev–Trinajstić information content (AvgIpc) is 3.74. The topological polar surface area (TPSA) is 89.1 Å². The van der Waals surface area contributed by atoms with E-state index in [4.69, 9.17) is 14.2 Å². The van der Waals surface area contributed by atoms with Gasteiger partial charge in [-0.25, -0.2) is 0 Å². The number of amides is 2. The van der Waals surface area contributed by atoms with E-state index in [0.717, 1.165) is 43.4 Å². The Hall–Kier alpha value is -2.32. The van der Waals surface area contributed by atoms with E-state index in [1.165, 1.54) is 0 Å². The summed E-state index contributed by atoms with van der Waals surface area (Å²) >= 11 is 0. The highest BCUT2D eigenvalue weighted by molar-refractivity contribution is 5.83. The van der Waals surface area contributed by atoms with E-state index in [9.17, 15) is 9.59 Å². The highest BCUT2D eigenvalue weighted by atomic mass is 16.5. The second kappa shape index (κ2) is 15.5. The van der Waals surface area contributed by atoms with Gasteiger partial charge in [0, 0.05) is 57.9 Å². The van der Waals surface area contributed by atoms with E-state index in [1.54, 1.807) is 14.2 Å². The molecule has 1 saturated carbocycles. The molecular formula is C31H51N3O5. The summed E-state index contributed by atoms with van der Waals surface area (Å²) < 4.78 is 16.6. The third-order valence-corrected chi connectivity index (χ3v) is 7.49. The zero-order chi connectivity index (χ0) is 28.4. The number of piperidine rings is 1. The van der Waals surface area contributed by atoms with Crippen LogP contribution in [0.4, 0.5) is 0 Å². The molecule has 0 aromatic heterocycles. The van der Waals surface area contributed by atoms with Crippen molar-refractivity contribution >= 4 is 11.8 Å². The molecule has 2 fully saturated rings. The maximum Gasteiger partial charge on any atom is 0.227 e. The van der Waals surface area contributed by atoms with E-state index in [-0.39, 0.29) is 35.7 Å². The fraction of sp³-hybridized carbons (Fsp3) is 0.742. The van der Waals surface area contributed by atoms with Gasteiger partial charge in [0.25, 0.3) is 0 Å². The van der Waals surface area contributed by atoms with Gasteiger partial charge in [0.1, 0.15) is 11.5 Å². The molecule has 1 saturated heterocycles. The van der Waals surface area contributed by atoms with Crippen LogP contribution in [0.15, 0.2) is 18.2 Å². The van der Waals surface area contributed by atoms with Crippen LogP contribution in [0.2, 0.25) is 0 Å². The largest absolute Gasteiger partial charge is 0.497 e. The van der Waals surface area contributed by atoms with E-state index < -0.39 is 0 Å². The molecule has 0 radical (unpaired) electrons. The van der Waals surface area contributed by atoms with Crippen molar-refractivity contribution in [3.63, 3.8) is 0 Å². The minimum atomic E-state index is -0.209. The molecule has 8 heteroatoms. The van der Waals surface area contributed by atoms with Crippen molar-refractivity contribution in [1.29, 1.82) is 0 Å². The first-order valence-corrected chi connectivity index (χ1v) is 14.8. The van der Waals surface area contributed by atoms with Crippen molar-refractivity contribution in [3.05, 3.63) is 23.8 Å². The van der Waals surface area contributed by atoms with Gasteiger partial charge in [-0.1, -0.05) is 27.7 Å². The van der Waals surface area contributed by atoms with Crippen LogP contribution in [0, 0.1) is 23.7 Å². The van der Waals surface area contributed by atoms with Gasteiger partial charge < -0.3 is 29.7 Å². The number of nitrogens with one attached hydrogen (secondary N) is 2. The molecule has 1 aromatic rings. The summed E-state index contributed by atoms with van der Waals surface area (Å²) in [6.45, 7) is 11.7. The summed E-state index contributed by atoms with van der Waals surface area (Å²) in [7, 11) is 3.32. The minimum Gasteiger partial charge on any atom is -0.497 e. The highest BCUT2D eigenvalue weighted by Crippen LogP contribution is 2.33. The maximum absolute atomic E-state index is 13.8. The molecule has 1 aromatic carbocycles. The number of carbonyl (C=O) groups is 2. The van der Waals surface area contributed by atoms with Gasteiger partial charge in [-0.3, -0.25) is 9.59 Å². The zero-order valence-corrected chi connectivity index (χ0v) is 25.0. The molecular weight excluding hydrogens is 494 g/mol. The van der Waals surface area contributed by atoms with Crippen molar-refractivity contribution in [3.8, 4) is 11.5 Å². The number of benzene rings is 1. The Morgan fingerprint density at radius 2 is 1.64 bits per heavy atom. The number of rotatable bonds is 16. The summed E-state index contributed by atoms with van der Waals surface area (Å²) in [6.07, 6.45) is 5.37. The predicted octanol–water partition coefficient (Wildman–Crippen LogP) is 4.40. The number of hydrogen-bond acceptors (Lipinski definition) is 6. The Morgan fingerprint density at radius 1 is 0.974 bits per heavy atom. The smallest absolute Gasteiger partial charge is 0.227 e. The van der Waals surface area contributed by atoms with Crippen LogP contribution in [0.1, 0.15) is 71.8 Å². The van der Waals surface area contributed by atoms with E-state index in [0.29, 0.717) is 56.9 Å². The van der Waals surface area contributed by atoms with Crippen LogP contribution in [-0.2, 0) is 20.9 Å². The summed E-state index contributed by atoms with van der Waals surface area (Å²) in [6, 6.07) is 6.28. The fourth-order valence-corrected chi connectivity index (χ4v) is 5.52. The van der Waals surface area contributed by atoms with Gasteiger partial charge in [-0.05, 0) is 61.6 Å². The third kappa shape index (κ3) is 10.3. The average molecular weight is 546 g/mol. The Balaban J connectivity index is 1.65. The lowest BCUT2D eigenvalue weighted by molar-refractivity contribution is -0.138. The van der Waals surface area contributed by atoms with Crippen molar-refractivity contribution in [2.75, 3.05) is 40.5 Å². The van der Waals surface area contributed by atoms with Gasteiger partial charge >= 0.3 is 0 Å². The van der Waals surface area contributed by atoms with Gasteiger partial charge in [0.05, 0.1) is 25.6 Å². The first-order valence-electron chi connectivity index (χ1n) is 14.8. The van der Waals surface area contributed by atoms with Crippen molar-refractivity contribution in [2.45, 2.75) is 84.8 Å². The lowest BCUT2D eigenvalue weighted by Crippen LogP contribution is -2.51. The number of ether oxygens (including phenoxy) is 3. The Kier molecular flexibility index (Phi) is 12.4. The summed E-state index contributed by atoms with van der Waals surface area (Å²) in [5.74, 6) is 2.29. The molecule has 0 bridgehead atoms. The summed E-state index contributed by atoms with van der Waals surface area (Å²) in [4.78, 5) is 29.1. The number of hydrogen-bond donors (Lipinski definition) is 2. The fourth-order valence-electron chi connectivity index (χ4n) is 5.52. The number of carbonyl (C=O) groups excluding carboxylic acids is 2. The van der Waals surface area contributed by atoms with Gasteiger partial charge in [-0.2, -0.15) is 0 Å². The molecule has 3 rings (SSSR count). The molecule has 8 nitrogen and oxygen atoms in total. The van der Waals surface area contributed by atoms with Crippen molar-refractivity contribution < 1.29 is 23.8 Å². The van der Waals surface area contributed by atoms with Gasteiger partial charge in [-0.15, -0.1) is 0 Å². The molecule has 1 aliphatic carbocycles. The van der Waals surface area contributed by atoms with Gasteiger partial charge in [0.15, 0.2) is 0 Å². The maximum atomic E-state index is 13.8. The molecule has 1 aliphatic heterocycles. The SMILES string of the molecule is COCCCOc1cc(CN(C(=O)[C@H]2CNC[C@@H](C(=O)NC(CC(C)C)CC(C)C)C2)C2CC2)cc(OC)c1. The second-order valence-corrected chi connectivity index (χ2v) is 12.2. The van der Waals surface area contributed by atoms with Crippen LogP contribution >= 0.6 is 0 Å². The molecule has 2 N–H and O–H groups in total. The molecule has 0 spiro atoms. The van der Waals surface area contributed by atoms with Crippen LogP contribution in [0.3, 0.4) is 0 Å². The van der Waals surface area contributed by atoms with E-state index >= 15 is 0 Å². The van der Waals surface area contributed by atoms with E-state index in [1.807, 2.05) is 23.1 Å². The number of methoxy groups -OCH3 is 2. The monoisotopic (exact) mass is 545 g/mol. The first-order chi connectivity index (χ1) is 18.7. The highest BCUT2D eigenvalue weighted by Gasteiger charge is 2.39. The van der Waals surface area contributed by atoms with Crippen LogP contribution < -0.4 is 20.1 Å². The Labute approximate surface area is 235 Å². The molecule has 39 heavy (non-hydrogen) atoms. The minimum absolute atomic E-state index is 0.0762. The van der Waals surface area contributed by atoms with Crippen LogP contribution in [0.5, 0.6) is 11.5 Å². The molecule has 2 atom stereocenters. The van der Waals surface area contributed by atoms with Gasteiger partial charge in [0.2, 0.25) is 11.8 Å². The molecule has 2 amide bonds. The third-order valence-electron chi connectivity index (χ3n) is 7.49. The van der Waals surface area contributed by atoms with Crippen molar-refractivity contribution in [2.24, 2.45) is 23.7 Å². The first kappa shape index (κ1) is 31.2. The predicted molar refractivity (Wildman–Crippen MR) is 154 cm³/mol. The second-order valence-electron chi connectivity index (χ2n) is 12.2. The molecule has 220 valence electrons. The standard InChI is InChI=1S/C31H51N3O5/c1-21(2)12-26(13-22(3)4)33-30(35)24-16-25(19-32-18-24)31(36)34(27-8-9-27)20-23-14-28(38-6)17-29(15-23)39-11-7-10-37-5/h14-15,17,21-22,24-27,32H,7-13,16,18-20H2,1-6H3,(H,33,35)/t24-,25+/m0/s1. The van der Waals surface area contributed by atoms with E-state index in [2.05, 4.69) is 38.3 Å². The van der Waals surface area contributed by atoms with Crippen LogP contribution in [0.25, 0.3) is 0 Å². The lowest BCUT2D eigenvalue weighted by atomic mass is 9.87. The van der Waals surface area contributed by atoms with Crippen molar-refractivity contribution in [1.82, 2.24) is 15.5 Å². The number of nitrogens with zero attached hydrogens (tertiary/aromatic N) is 1. The lowest BCUT2D eigenvalue weighted by Gasteiger charge is -2.34. The summed E-state index contributed by atoms with van der Waals surface area (Å²) in [5, 5.41) is 6.70. The normalized spacial score (nSPS) is 19.4. The Morgan fingerprint density at radius 3 is 2.26 bits per heavy atom. The Bertz CT molecular complexity index is 907. The summed E-state index contributed by atoms with van der Waals surface area (Å²) in [5.41, 5.74) is 0.986. The molecule has 2 aliphatic rings. The molecule has 1 heterocycles. The molecule has 0 unspecified atom stereocenters. The zero-order valence-electron chi connectivity index (χ0n) is 25.0. The quantitative estimate of drug-likeness (QED) is 0.299.